The average Bonchev–Trinajstić information content (AvgIpc) is 2.69. The van der Waals surface area contributed by atoms with Crippen LogP contribution in [-0.2, 0) is 24.0 Å². The summed E-state index contributed by atoms with van der Waals surface area (Å²) in [6.07, 6.45) is 0.644. The van der Waals surface area contributed by atoms with Crippen molar-refractivity contribution in [3.05, 3.63) is 10.4 Å². The molecule has 1 heterocycles. The maximum Gasteiger partial charge on any atom is 0.335 e. The molecule has 2 amide bonds. The van der Waals surface area contributed by atoms with Crippen LogP contribution >= 0.6 is 0 Å². The van der Waals surface area contributed by atoms with Gasteiger partial charge in [-0.1, -0.05) is 5.11 Å². The summed E-state index contributed by atoms with van der Waals surface area (Å²) in [6.45, 7) is 0.803. The molecule has 0 aromatic rings. The van der Waals surface area contributed by atoms with E-state index in [1.165, 1.54) is 0 Å². The number of hydroxylamine groups is 2. The summed E-state index contributed by atoms with van der Waals surface area (Å²) in [5.41, 5.74) is 8.02. The van der Waals surface area contributed by atoms with Crippen LogP contribution in [-0.4, -0.2) is 42.6 Å². The van der Waals surface area contributed by atoms with Gasteiger partial charge in [0, 0.05) is 30.9 Å². The van der Waals surface area contributed by atoms with Crippen LogP contribution in [0, 0.1) is 0 Å². The van der Waals surface area contributed by atoms with Crippen molar-refractivity contribution in [2.75, 3.05) is 19.8 Å². The molecule has 0 saturated carbocycles. The first kappa shape index (κ1) is 14.9. The fourth-order valence-electron chi connectivity index (χ4n) is 1.34. The van der Waals surface area contributed by atoms with Crippen LogP contribution in [0.3, 0.4) is 0 Å². The number of imide groups is 1. The third-order valence-electron chi connectivity index (χ3n) is 2.26. The Bertz CT molecular complexity index is 389. The number of hydrogen-bond acceptors (Lipinski definition) is 6. The number of carbonyl (C=O) groups excluding carboxylic acids is 3. The van der Waals surface area contributed by atoms with Gasteiger partial charge in [0.05, 0.1) is 13.0 Å². The highest BCUT2D eigenvalue weighted by Crippen LogP contribution is 2.12. The maximum absolute atomic E-state index is 11.3. The van der Waals surface area contributed by atoms with Crippen molar-refractivity contribution < 1.29 is 24.0 Å². The second-order valence-corrected chi connectivity index (χ2v) is 3.72. The van der Waals surface area contributed by atoms with E-state index in [0.29, 0.717) is 24.6 Å². The molecule has 0 atom stereocenters. The molecular formula is C10H14N4O5. The molecule has 104 valence electrons. The summed E-state index contributed by atoms with van der Waals surface area (Å²) in [7, 11) is 0. The van der Waals surface area contributed by atoms with Crippen molar-refractivity contribution in [3.8, 4) is 0 Å². The van der Waals surface area contributed by atoms with E-state index >= 15 is 0 Å². The van der Waals surface area contributed by atoms with E-state index in [0.717, 1.165) is 0 Å². The smallest absolute Gasteiger partial charge is 0.335 e. The number of amides is 2. The average molecular weight is 270 g/mol. The summed E-state index contributed by atoms with van der Waals surface area (Å²) < 4.78 is 5.10. The van der Waals surface area contributed by atoms with Gasteiger partial charge in [0.2, 0.25) is 0 Å². The molecule has 1 saturated heterocycles. The topological polar surface area (TPSA) is 122 Å². The minimum absolute atomic E-state index is 0.0570. The number of nitrogens with zero attached hydrogens (tertiary/aromatic N) is 4. The second kappa shape index (κ2) is 8.06. The molecule has 1 aliphatic heterocycles. The van der Waals surface area contributed by atoms with Gasteiger partial charge in [-0.05, 0) is 12.0 Å². The van der Waals surface area contributed by atoms with Gasteiger partial charge in [0.15, 0.2) is 0 Å². The predicted octanol–water partition coefficient (Wildman–Crippen LogP) is 0.701. The van der Waals surface area contributed by atoms with E-state index in [9.17, 15) is 14.4 Å². The van der Waals surface area contributed by atoms with Gasteiger partial charge in [0.25, 0.3) is 11.8 Å². The molecule has 0 aliphatic carbocycles. The Balaban J connectivity index is 2.09. The van der Waals surface area contributed by atoms with E-state index in [1.807, 2.05) is 0 Å². The van der Waals surface area contributed by atoms with Crippen molar-refractivity contribution >= 4 is 17.8 Å². The van der Waals surface area contributed by atoms with Crippen LogP contribution in [0.5, 0.6) is 0 Å². The number of azide groups is 1. The lowest BCUT2D eigenvalue weighted by Gasteiger charge is -2.12. The SMILES string of the molecule is [N-]=[N+]=NCCCOCCC(=O)ON1C(=O)CCC1=O. The van der Waals surface area contributed by atoms with E-state index in [1.54, 1.807) is 0 Å². The van der Waals surface area contributed by atoms with Crippen molar-refractivity contribution in [2.24, 2.45) is 5.11 Å². The Morgan fingerprint density at radius 3 is 2.63 bits per heavy atom. The molecule has 1 aliphatic rings. The molecule has 9 heteroatoms. The van der Waals surface area contributed by atoms with Crippen LogP contribution in [0.4, 0.5) is 0 Å². The molecule has 1 fully saturated rings. The number of carbonyl (C=O) groups is 3. The van der Waals surface area contributed by atoms with E-state index in [2.05, 4.69) is 14.9 Å². The number of hydrogen-bond donors (Lipinski definition) is 0. The monoisotopic (exact) mass is 270 g/mol. The lowest BCUT2D eigenvalue weighted by atomic mass is 10.4. The summed E-state index contributed by atoms with van der Waals surface area (Å²) in [4.78, 5) is 40.8. The molecule has 0 spiro atoms. The fourth-order valence-corrected chi connectivity index (χ4v) is 1.34. The summed E-state index contributed by atoms with van der Waals surface area (Å²) in [6, 6.07) is 0. The lowest BCUT2D eigenvalue weighted by molar-refractivity contribution is -0.198. The lowest BCUT2D eigenvalue weighted by Crippen LogP contribution is -2.32. The Kier molecular flexibility index (Phi) is 6.34. The molecule has 0 aromatic heterocycles. The molecule has 0 unspecified atom stereocenters. The first-order valence-corrected chi connectivity index (χ1v) is 5.80. The van der Waals surface area contributed by atoms with Crippen molar-refractivity contribution in [1.82, 2.24) is 5.06 Å². The standard InChI is InChI=1S/C10H14N4O5/c11-13-12-5-1-6-18-7-4-10(17)19-14-8(15)2-3-9(14)16/h1-7H2. The van der Waals surface area contributed by atoms with Crippen LogP contribution in [0.25, 0.3) is 10.4 Å². The van der Waals surface area contributed by atoms with Crippen LogP contribution in [0.1, 0.15) is 25.7 Å². The first-order chi connectivity index (χ1) is 9.15. The zero-order valence-electron chi connectivity index (χ0n) is 10.3. The highest BCUT2D eigenvalue weighted by Gasteiger charge is 2.32. The van der Waals surface area contributed by atoms with E-state index in [4.69, 9.17) is 10.3 Å². The summed E-state index contributed by atoms with van der Waals surface area (Å²) in [5.74, 6) is -1.71. The van der Waals surface area contributed by atoms with Crippen molar-refractivity contribution in [3.63, 3.8) is 0 Å². The number of ether oxygens (including phenoxy) is 1. The second-order valence-electron chi connectivity index (χ2n) is 3.72. The normalized spacial score (nSPS) is 14.4. The van der Waals surface area contributed by atoms with Crippen molar-refractivity contribution in [1.29, 1.82) is 0 Å². The van der Waals surface area contributed by atoms with Crippen molar-refractivity contribution in [2.45, 2.75) is 25.7 Å². The molecule has 1 rings (SSSR count). The van der Waals surface area contributed by atoms with Gasteiger partial charge in [0.1, 0.15) is 0 Å². The maximum atomic E-state index is 11.3. The zero-order valence-corrected chi connectivity index (χ0v) is 10.3. The Hall–Kier alpha value is -2.12. The molecule has 9 nitrogen and oxygen atoms in total. The quantitative estimate of drug-likeness (QED) is 0.211. The molecule has 0 N–H and O–H groups in total. The third-order valence-corrected chi connectivity index (χ3v) is 2.26. The summed E-state index contributed by atoms with van der Waals surface area (Å²) >= 11 is 0. The highest BCUT2D eigenvalue weighted by molar-refractivity contribution is 6.01. The minimum atomic E-state index is -0.696. The predicted molar refractivity (Wildman–Crippen MR) is 61.2 cm³/mol. The zero-order chi connectivity index (χ0) is 14.1. The number of rotatable bonds is 8. The van der Waals surface area contributed by atoms with Gasteiger partial charge in [-0.15, -0.1) is 5.06 Å². The molecule has 0 bridgehead atoms. The molecule has 0 aromatic carbocycles. The first-order valence-electron chi connectivity index (χ1n) is 5.80. The van der Waals surface area contributed by atoms with Gasteiger partial charge in [-0.3, -0.25) is 9.59 Å². The third kappa shape index (κ3) is 5.36. The van der Waals surface area contributed by atoms with E-state index < -0.39 is 17.8 Å². The highest BCUT2D eigenvalue weighted by atomic mass is 16.7. The van der Waals surface area contributed by atoms with Crippen LogP contribution in [0.15, 0.2) is 5.11 Å². The van der Waals surface area contributed by atoms with E-state index in [-0.39, 0.29) is 25.9 Å². The van der Waals surface area contributed by atoms with Gasteiger partial charge in [-0.2, -0.15) is 0 Å². The van der Waals surface area contributed by atoms with Gasteiger partial charge < -0.3 is 9.57 Å². The van der Waals surface area contributed by atoms with Crippen LogP contribution in [0.2, 0.25) is 0 Å². The minimum Gasteiger partial charge on any atom is -0.381 e. The molecule has 0 radical (unpaired) electrons. The fraction of sp³-hybridized carbons (Fsp3) is 0.700. The molecular weight excluding hydrogens is 256 g/mol. The Morgan fingerprint density at radius 1 is 1.32 bits per heavy atom. The van der Waals surface area contributed by atoms with Crippen LogP contribution < -0.4 is 0 Å². The van der Waals surface area contributed by atoms with Gasteiger partial charge >= 0.3 is 5.97 Å². The Labute approximate surface area is 109 Å². The summed E-state index contributed by atoms with van der Waals surface area (Å²) in [5, 5.41) is 3.82. The van der Waals surface area contributed by atoms with Gasteiger partial charge in [-0.25, -0.2) is 4.79 Å². The Morgan fingerprint density at radius 2 is 2.00 bits per heavy atom. The molecule has 19 heavy (non-hydrogen) atoms. The largest absolute Gasteiger partial charge is 0.381 e.